The van der Waals surface area contributed by atoms with Gasteiger partial charge in [-0.05, 0) is 48.6 Å². The molecule has 0 bridgehead atoms. The summed E-state index contributed by atoms with van der Waals surface area (Å²) < 4.78 is 0. The van der Waals surface area contributed by atoms with E-state index in [-0.39, 0.29) is 11.5 Å². The van der Waals surface area contributed by atoms with Gasteiger partial charge in [0.05, 0.1) is 0 Å². The zero-order valence-corrected chi connectivity index (χ0v) is 12.2. The molecule has 3 nitrogen and oxygen atoms in total. The molecule has 1 aromatic carbocycles. The number of carbonyl (C=O) groups is 1. The molecule has 1 aromatic heterocycles. The lowest BCUT2D eigenvalue weighted by Gasteiger charge is -2.27. The maximum Gasteiger partial charge on any atom is 0.159 e. The topological polar surface area (TPSA) is 40.5 Å². The summed E-state index contributed by atoms with van der Waals surface area (Å²) in [4.78, 5) is 15.2. The third-order valence-electron chi connectivity index (χ3n) is 3.77. The number of phenols is 1. The van der Waals surface area contributed by atoms with E-state index in [9.17, 15) is 9.90 Å². The molecule has 0 unspecified atom stereocenters. The lowest BCUT2D eigenvalue weighted by Crippen LogP contribution is -2.29. The number of ketones is 1. The highest BCUT2D eigenvalue weighted by Crippen LogP contribution is 2.27. The Morgan fingerprint density at radius 1 is 1.40 bits per heavy atom. The van der Waals surface area contributed by atoms with Crippen molar-refractivity contribution in [1.29, 1.82) is 0 Å². The number of nitrogens with zero attached hydrogens (tertiary/aromatic N) is 1. The van der Waals surface area contributed by atoms with E-state index < -0.39 is 0 Å². The summed E-state index contributed by atoms with van der Waals surface area (Å²) in [5.74, 6) is 0.302. The number of carbonyl (C=O) groups excluding carboxylic acids is 1. The van der Waals surface area contributed by atoms with E-state index >= 15 is 0 Å². The molecule has 20 heavy (non-hydrogen) atoms. The van der Waals surface area contributed by atoms with Crippen molar-refractivity contribution < 1.29 is 9.90 Å². The summed E-state index contributed by atoms with van der Waals surface area (Å²) in [6.07, 6.45) is 1.07. The van der Waals surface area contributed by atoms with Crippen LogP contribution in [0.5, 0.6) is 5.75 Å². The molecule has 0 saturated heterocycles. The molecule has 1 N–H and O–H groups in total. The van der Waals surface area contributed by atoms with Crippen molar-refractivity contribution in [3.63, 3.8) is 0 Å². The third-order valence-corrected chi connectivity index (χ3v) is 4.79. The molecule has 0 radical (unpaired) electrons. The van der Waals surface area contributed by atoms with Crippen LogP contribution in [0.15, 0.2) is 29.6 Å². The van der Waals surface area contributed by atoms with Gasteiger partial charge < -0.3 is 5.11 Å². The van der Waals surface area contributed by atoms with Gasteiger partial charge in [0.1, 0.15) is 5.75 Å². The van der Waals surface area contributed by atoms with Gasteiger partial charge in [-0.1, -0.05) is 0 Å². The van der Waals surface area contributed by atoms with Crippen LogP contribution in [-0.2, 0) is 19.5 Å². The molecule has 0 fully saturated rings. The minimum atomic E-state index is 0.0324. The van der Waals surface area contributed by atoms with Crippen molar-refractivity contribution >= 4 is 17.1 Å². The van der Waals surface area contributed by atoms with Crippen molar-refractivity contribution in [3.05, 3.63) is 51.2 Å². The highest BCUT2D eigenvalue weighted by Gasteiger charge is 2.18. The van der Waals surface area contributed by atoms with E-state index in [4.69, 9.17) is 0 Å². The van der Waals surface area contributed by atoms with E-state index in [1.165, 1.54) is 10.4 Å². The minimum absolute atomic E-state index is 0.0324. The number of aromatic hydroxyl groups is 1. The Balaban J connectivity index is 1.78. The van der Waals surface area contributed by atoms with E-state index in [0.29, 0.717) is 12.1 Å². The van der Waals surface area contributed by atoms with Gasteiger partial charge in [0.2, 0.25) is 0 Å². The van der Waals surface area contributed by atoms with Gasteiger partial charge in [0, 0.05) is 35.6 Å². The number of phenolic OH excluding ortho intramolecular Hbond substituents is 1. The van der Waals surface area contributed by atoms with Crippen LogP contribution < -0.4 is 0 Å². The third kappa shape index (κ3) is 2.62. The molecule has 0 amide bonds. The maximum atomic E-state index is 11.4. The number of hydrogen-bond donors (Lipinski definition) is 1. The summed E-state index contributed by atoms with van der Waals surface area (Å²) in [6.45, 7) is 4.15. The molecule has 3 rings (SSSR count). The smallest absolute Gasteiger partial charge is 0.159 e. The fraction of sp³-hybridized carbons (Fsp3) is 0.312. The van der Waals surface area contributed by atoms with Crippen molar-refractivity contribution in [3.8, 4) is 5.75 Å². The Bertz CT molecular complexity index is 648. The first-order valence-electron chi connectivity index (χ1n) is 6.74. The Morgan fingerprint density at radius 3 is 3.05 bits per heavy atom. The zero-order chi connectivity index (χ0) is 14.1. The molecule has 1 aliphatic rings. The summed E-state index contributed by atoms with van der Waals surface area (Å²) >= 11 is 1.82. The lowest BCUT2D eigenvalue weighted by atomic mass is 10.0. The predicted octanol–water partition coefficient (Wildman–Crippen LogP) is 3.21. The quantitative estimate of drug-likeness (QED) is 0.881. The van der Waals surface area contributed by atoms with Crippen molar-refractivity contribution in [2.75, 3.05) is 6.54 Å². The second-order valence-corrected chi connectivity index (χ2v) is 6.23. The minimum Gasteiger partial charge on any atom is -0.508 e. The highest BCUT2D eigenvalue weighted by molar-refractivity contribution is 7.10. The molecule has 104 valence electrons. The summed E-state index contributed by atoms with van der Waals surface area (Å²) in [7, 11) is 0. The van der Waals surface area contributed by atoms with Gasteiger partial charge in [0.15, 0.2) is 5.78 Å². The van der Waals surface area contributed by atoms with Crippen LogP contribution in [0.3, 0.4) is 0 Å². The first-order valence-corrected chi connectivity index (χ1v) is 7.62. The van der Waals surface area contributed by atoms with Gasteiger partial charge in [-0.15, -0.1) is 11.3 Å². The molecule has 0 atom stereocenters. The molecule has 0 spiro atoms. The monoisotopic (exact) mass is 287 g/mol. The number of Topliss-reactive ketones (excluding diaryl/α,β-unsaturated/α-hetero) is 1. The van der Waals surface area contributed by atoms with Crippen LogP contribution in [0.2, 0.25) is 0 Å². The molecule has 2 aromatic rings. The average molecular weight is 287 g/mol. The van der Waals surface area contributed by atoms with Crippen LogP contribution in [0, 0.1) is 0 Å². The standard InChI is InChI=1S/C16H17NO2S/c1-11(18)12-2-3-15(19)14(8-12)10-17-6-4-16-13(9-17)5-7-20-16/h2-3,5,7-8,19H,4,6,9-10H2,1H3. The van der Waals surface area contributed by atoms with Crippen molar-refractivity contribution in [2.24, 2.45) is 0 Å². The molecule has 2 heterocycles. The number of thiophene rings is 1. The van der Waals surface area contributed by atoms with Gasteiger partial charge >= 0.3 is 0 Å². The molecule has 0 saturated carbocycles. The maximum absolute atomic E-state index is 11.4. The van der Waals surface area contributed by atoms with E-state index in [2.05, 4.69) is 16.3 Å². The normalized spacial score (nSPS) is 15.1. The fourth-order valence-corrected chi connectivity index (χ4v) is 3.50. The first-order chi connectivity index (χ1) is 9.63. The fourth-order valence-electron chi connectivity index (χ4n) is 2.61. The second-order valence-electron chi connectivity index (χ2n) is 5.23. The van der Waals surface area contributed by atoms with Gasteiger partial charge in [-0.25, -0.2) is 0 Å². The van der Waals surface area contributed by atoms with Crippen LogP contribution in [0.25, 0.3) is 0 Å². The Kier molecular flexibility index (Phi) is 3.59. The summed E-state index contributed by atoms with van der Waals surface area (Å²) in [6, 6.07) is 7.28. The first kappa shape index (κ1) is 13.3. The summed E-state index contributed by atoms with van der Waals surface area (Å²) in [5.41, 5.74) is 2.88. The number of rotatable bonds is 3. The van der Waals surface area contributed by atoms with Gasteiger partial charge in [0.25, 0.3) is 0 Å². The molecular formula is C16H17NO2S. The van der Waals surface area contributed by atoms with E-state index in [1.807, 2.05) is 11.3 Å². The largest absolute Gasteiger partial charge is 0.508 e. The van der Waals surface area contributed by atoms with Crippen molar-refractivity contribution in [1.82, 2.24) is 4.90 Å². The van der Waals surface area contributed by atoms with Gasteiger partial charge in [-0.2, -0.15) is 0 Å². The number of hydrogen-bond acceptors (Lipinski definition) is 4. The van der Waals surface area contributed by atoms with Crippen LogP contribution in [-0.4, -0.2) is 22.3 Å². The lowest BCUT2D eigenvalue weighted by molar-refractivity contribution is 0.101. The average Bonchev–Trinajstić information content (AvgIpc) is 2.88. The molecule has 1 aliphatic heterocycles. The van der Waals surface area contributed by atoms with E-state index in [0.717, 1.165) is 25.1 Å². The molecule has 0 aliphatic carbocycles. The predicted molar refractivity (Wildman–Crippen MR) is 80.2 cm³/mol. The SMILES string of the molecule is CC(=O)c1ccc(O)c(CN2CCc3sccc3C2)c1. The Morgan fingerprint density at radius 2 is 2.25 bits per heavy atom. The van der Waals surface area contributed by atoms with Crippen LogP contribution in [0.1, 0.15) is 33.3 Å². The van der Waals surface area contributed by atoms with E-state index in [1.54, 1.807) is 25.1 Å². The zero-order valence-electron chi connectivity index (χ0n) is 11.4. The Hall–Kier alpha value is -1.65. The molecule has 4 heteroatoms. The second kappa shape index (κ2) is 5.38. The number of benzene rings is 1. The van der Waals surface area contributed by atoms with Crippen LogP contribution in [0.4, 0.5) is 0 Å². The number of fused-ring (bicyclic) bond motifs is 1. The molecular weight excluding hydrogens is 270 g/mol. The van der Waals surface area contributed by atoms with Crippen LogP contribution >= 0.6 is 11.3 Å². The summed E-state index contributed by atoms with van der Waals surface area (Å²) in [5, 5.41) is 12.1. The highest BCUT2D eigenvalue weighted by atomic mass is 32.1. The van der Waals surface area contributed by atoms with Crippen molar-refractivity contribution in [2.45, 2.75) is 26.4 Å². The van der Waals surface area contributed by atoms with Gasteiger partial charge in [-0.3, -0.25) is 9.69 Å². The Labute approximate surface area is 122 Å².